The fourth-order valence-electron chi connectivity index (χ4n) is 2.44. The number of rotatable bonds is 6. The molecular formula is C21H15Cl6FeN3. The summed E-state index contributed by atoms with van der Waals surface area (Å²) in [5.74, 6) is 0. The first-order chi connectivity index (χ1) is 13.5. The van der Waals surface area contributed by atoms with E-state index in [0.29, 0.717) is 44.3 Å². The standard InChI is InChI=1S/C21H15Cl4N3.2ClH.Fe/c22-16-6-2-7-17(23)20(16)26-12-10-14-4-1-5-15(28-14)11-13-27-21-18(24)8-3-9-19(21)25;;;/h1-9,12-13H,10-11H2;2*1H;/q;;;+2/p-2. The molecule has 3 aromatic rings. The Morgan fingerprint density at radius 2 is 0.935 bits per heavy atom. The fourth-order valence-corrected chi connectivity index (χ4v) is 3.43. The first kappa shape index (κ1) is 30.2. The molecule has 0 bridgehead atoms. The van der Waals surface area contributed by atoms with Gasteiger partial charge < -0.3 is 24.8 Å². The van der Waals surface area contributed by atoms with Gasteiger partial charge in [0.1, 0.15) is 0 Å². The van der Waals surface area contributed by atoms with E-state index in [2.05, 4.69) is 15.0 Å². The van der Waals surface area contributed by atoms with Crippen molar-refractivity contribution >= 4 is 70.2 Å². The first-order valence-electron chi connectivity index (χ1n) is 8.42. The summed E-state index contributed by atoms with van der Waals surface area (Å²) < 4.78 is 0. The number of pyridine rings is 1. The van der Waals surface area contributed by atoms with Crippen LogP contribution in [0.5, 0.6) is 0 Å². The van der Waals surface area contributed by atoms with E-state index in [1.165, 1.54) is 0 Å². The number of nitrogens with zero attached hydrogens (tertiary/aromatic N) is 3. The van der Waals surface area contributed by atoms with Crippen LogP contribution in [0.2, 0.25) is 20.1 Å². The average molecular weight is 578 g/mol. The van der Waals surface area contributed by atoms with Crippen LogP contribution in [-0.2, 0) is 29.9 Å². The third-order valence-corrected chi connectivity index (χ3v) is 5.00. The van der Waals surface area contributed by atoms with Gasteiger partial charge in [0, 0.05) is 36.7 Å². The van der Waals surface area contributed by atoms with E-state index >= 15 is 0 Å². The Kier molecular flexibility index (Phi) is 14.7. The summed E-state index contributed by atoms with van der Waals surface area (Å²) in [6, 6.07) is 16.4. The van der Waals surface area contributed by atoms with Crippen molar-refractivity contribution in [1.29, 1.82) is 0 Å². The molecule has 0 spiro atoms. The zero-order valence-electron chi connectivity index (χ0n) is 15.7. The Hall–Kier alpha value is -0.811. The van der Waals surface area contributed by atoms with Crippen LogP contribution in [-0.4, -0.2) is 17.4 Å². The second-order valence-corrected chi connectivity index (χ2v) is 7.42. The normalized spacial score (nSPS) is 10.5. The average Bonchev–Trinajstić information content (AvgIpc) is 2.67. The monoisotopic (exact) mass is 575 g/mol. The summed E-state index contributed by atoms with van der Waals surface area (Å²) in [4.78, 5) is 13.3. The molecule has 0 aliphatic carbocycles. The number of halogens is 6. The number of hydrogen-bond acceptors (Lipinski definition) is 3. The Labute approximate surface area is 224 Å². The summed E-state index contributed by atoms with van der Waals surface area (Å²) in [6.07, 6.45) is 4.61. The predicted molar refractivity (Wildman–Crippen MR) is 121 cm³/mol. The molecule has 0 saturated carbocycles. The molecular weight excluding hydrogens is 563 g/mol. The number of aliphatic imine (C=N–C) groups is 2. The summed E-state index contributed by atoms with van der Waals surface area (Å²) in [6.45, 7) is 0. The number of para-hydroxylation sites is 2. The number of hydrogen-bond donors (Lipinski definition) is 0. The maximum atomic E-state index is 6.12. The Morgan fingerprint density at radius 1 is 0.613 bits per heavy atom. The Balaban J connectivity index is 0.00000300. The van der Waals surface area contributed by atoms with Crippen LogP contribution in [0.1, 0.15) is 11.4 Å². The van der Waals surface area contributed by atoms with Crippen molar-refractivity contribution in [3.8, 4) is 0 Å². The van der Waals surface area contributed by atoms with Gasteiger partial charge >= 0.3 is 17.1 Å². The van der Waals surface area contributed by atoms with E-state index in [1.54, 1.807) is 48.8 Å². The summed E-state index contributed by atoms with van der Waals surface area (Å²) >= 11 is 24.5. The van der Waals surface area contributed by atoms with Crippen LogP contribution in [0.4, 0.5) is 11.4 Å². The van der Waals surface area contributed by atoms with Gasteiger partial charge in [-0.3, -0.25) is 15.0 Å². The smallest absolute Gasteiger partial charge is 1.00 e. The van der Waals surface area contributed by atoms with Crippen molar-refractivity contribution in [2.24, 2.45) is 9.98 Å². The molecule has 0 radical (unpaired) electrons. The molecule has 0 aliphatic heterocycles. The third kappa shape index (κ3) is 8.92. The van der Waals surface area contributed by atoms with Gasteiger partial charge in [0.05, 0.1) is 31.5 Å². The molecule has 0 amide bonds. The van der Waals surface area contributed by atoms with Crippen LogP contribution < -0.4 is 24.8 Å². The molecule has 3 nitrogen and oxygen atoms in total. The topological polar surface area (TPSA) is 37.6 Å². The summed E-state index contributed by atoms with van der Waals surface area (Å²) in [7, 11) is 0. The van der Waals surface area contributed by atoms with Crippen molar-refractivity contribution in [1.82, 2.24) is 4.98 Å². The molecule has 0 fully saturated rings. The molecule has 0 N–H and O–H groups in total. The minimum absolute atomic E-state index is 0. The van der Waals surface area contributed by atoms with Gasteiger partial charge in [-0.25, -0.2) is 0 Å². The maximum absolute atomic E-state index is 6.12. The molecule has 1 heterocycles. The van der Waals surface area contributed by atoms with Crippen molar-refractivity contribution < 1.29 is 41.9 Å². The molecule has 164 valence electrons. The van der Waals surface area contributed by atoms with Crippen LogP contribution in [0.15, 0.2) is 64.6 Å². The minimum Gasteiger partial charge on any atom is -1.00 e. The van der Waals surface area contributed by atoms with Gasteiger partial charge in [-0.05, 0) is 36.4 Å². The zero-order chi connectivity index (χ0) is 19.9. The molecule has 3 rings (SSSR count). The van der Waals surface area contributed by atoms with Crippen molar-refractivity contribution in [3.63, 3.8) is 0 Å². The van der Waals surface area contributed by atoms with E-state index in [-0.39, 0.29) is 41.9 Å². The molecule has 1 aromatic heterocycles. The van der Waals surface area contributed by atoms with Crippen LogP contribution in [0, 0.1) is 0 Å². The van der Waals surface area contributed by atoms with E-state index < -0.39 is 0 Å². The van der Waals surface area contributed by atoms with E-state index in [0.717, 1.165) is 11.4 Å². The summed E-state index contributed by atoms with van der Waals surface area (Å²) in [5.41, 5.74) is 2.89. The van der Waals surface area contributed by atoms with Gasteiger partial charge in [0.25, 0.3) is 0 Å². The molecule has 31 heavy (non-hydrogen) atoms. The van der Waals surface area contributed by atoms with Gasteiger partial charge in [-0.1, -0.05) is 64.6 Å². The van der Waals surface area contributed by atoms with Gasteiger partial charge in [-0.15, -0.1) is 0 Å². The van der Waals surface area contributed by atoms with E-state index in [9.17, 15) is 0 Å². The van der Waals surface area contributed by atoms with E-state index in [4.69, 9.17) is 46.4 Å². The molecule has 0 saturated heterocycles. The van der Waals surface area contributed by atoms with Gasteiger partial charge in [-0.2, -0.15) is 0 Å². The van der Waals surface area contributed by atoms with Crippen molar-refractivity contribution in [2.45, 2.75) is 12.8 Å². The second kappa shape index (κ2) is 15.1. The first-order valence-corrected chi connectivity index (χ1v) is 9.93. The fraction of sp³-hybridized carbons (Fsp3) is 0.0952. The Morgan fingerprint density at radius 3 is 1.29 bits per heavy atom. The molecule has 0 unspecified atom stereocenters. The quantitative estimate of drug-likeness (QED) is 0.324. The van der Waals surface area contributed by atoms with E-state index in [1.807, 2.05) is 18.2 Å². The summed E-state index contributed by atoms with van der Waals surface area (Å²) in [5, 5.41) is 2.06. The molecule has 2 aromatic carbocycles. The Bertz CT molecular complexity index is 924. The molecule has 0 aliphatic rings. The predicted octanol–water partition coefficient (Wildman–Crippen LogP) is 1.59. The maximum Gasteiger partial charge on any atom is 2.00 e. The van der Waals surface area contributed by atoms with Crippen molar-refractivity contribution in [2.75, 3.05) is 0 Å². The van der Waals surface area contributed by atoms with Crippen molar-refractivity contribution in [3.05, 3.63) is 86.1 Å². The molecule has 0 atom stereocenters. The minimum atomic E-state index is 0. The van der Waals surface area contributed by atoms with Gasteiger partial charge in [0.2, 0.25) is 0 Å². The number of aromatic nitrogens is 1. The van der Waals surface area contributed by atoms with Gasteiger partial charge in [0.15, 0.2) is 0 Å². The van der Waals surface area contributed by atoms with Crippen LogP contribution in [0.25, 0.3) is 0 Å². The number of benzene rings is 2. The third-order valence-electron chi connectivity index (χ3n) is 3.78. The second-order valence-electron chi connectivity index (χ2n) is 5.79. The van der Waals surface area contributed by atoms with Crippen LogP contribution >= 0.6 is 46.4 Å². The SMILES string of the molecule is Clc1cccc(Cl)c1N=CCc1cccc(CC=Nc2c(Cl)cccc2Cl)n1.[Cl-].[Cl-].[Fe+2]. The largest absolute Gasteiger partial charge is 2.00 e. The molecule has 10 heteroatoms. The zero-order valence-corrected chi connectivity index (χ0v) is 21.4. The van der Waals surface area contributed by atoms with Crippen LogP contribution in [0.3, 0.4) is 0 Å².